The Balaban J connectivity index is 1.56. The lowest BCUT2D eigenvalue weighted by Crippen LogP contribution is -2.48. The first-order chi connectivity index (χ1) is 13.0. The van der Waals surface area contributed by atoms with E-state index >= 15 is 0 Å². The number of para-hydroxylation sites is 1. The van der Waals surface area contributed by atoms with Gasteiger partial charge in [-0.1, -0.05) is 18.2 Å². The molecule has 3 N–H and O–H groups in total. The molecule has 0 radical (unpaired) electrons. The number of hydrogen-bond donors (Lipinski definition) is 2. The Morgan fingerprint density at radius 2 is 2.04 bits per heavy atom. The third-order valence-corrected chi connectivity index (χ3v) is 5.62. The van der Waals surface area contributed by atoms with Crippen molar-refractivity contribution in [1.82, 2.24) is 9.88 Å². The van der Waals surface area contributed by atoms with Crippen LogP contribution in [-0.2, 0) is 4.74 Å². The highest BCUT2D eigenvalue weighted by molar-refractivity contribution is 5.80. The average Bonchev–Trinajstić information content (AvgIpc) is 2.70. The van der Waals surface area contributed by atoms with E-state index in [9.17, 15) is 9.90 Å². The molecule has 2 atom stereocenters. The number of ether oxygens (including phenoxy) is 1. The number of aliphatic hydroxyl groups excluding tert-OH is 1. The number of nitrogens with zero attached hydrogens (tertiary/aromatic N) is 3. The SMILES string of the molecule is CC(C1CCN(c2ccc3ccccc3n2)CC1)N(C)C(O)COC(N)=O. The standard InChI is InChI=1S/C20H28N4O3/c1-14(23(2)19(25)13-27-20(21)26)15-9-11-24(12-10-15)18-8-7-16-5-3-4-6-17(16)22-18/h3-8,14-15,19,25H,9-13H2,1-2H3,(H2,21,26). The van der Waals surface area contributed by atoms with Gasteiger partial charge in [-0.2, -0.15) is 0 Å². The molecule has 3 rings (SSSR count). The van der Waals surface area contributed by atoms with E-state index in [2.05, 4.69) is 30.0 Å². The molecule has 7 nitrogen and oxygen atoms in total. The van der Waals surface area contributed by atoms with Gasteiger partial charge in [-0.15, -0.1) is 0 Å². The van der Waals surface area contributed by atoms with Gasteiger partial charge in [-0.3, -0.25) is 4.90 Å². The number of carbonyl (C=O) groups excluding carboxylic acids is 1. The minimum absolute atomic E-state index is 0.115. The molecule has 2 aromatic rings. The predicted molar refractivity (Wildman–Crippen MR) is 105 cm³/mol. The molecule has 27 heavy (non-hydrogen) atoms. The quantitative estimate of drug-likeness (QED) is 0.755. The Hall–Kier alpha value is -2.38. The molecule has 0 spiro atoms. The summed E-state index contributed by atoms with van der Waals surface area (Å²) in [6, 6.07) is 12.5. The van der Waals surface area contributed by atoms with Crippen molar-refractivity contribution in [2.75, 3.05) is 31.6 Å². The van der Waals surface area contributed by atoms with Crippen LogP contribution in [0.4, 0.5) is 10.6 Å². The van der Waals surface area contributed by atoms with Crippen LogP contribution in [0.5, 0.6) is 0 Å². The van der Waals surface area contributed by atoms with Crippen LogP contribution in [0, 0.1) is 5.92 Å². The number of hydrogen-bond acceptors (Lipinski definition) is 6. The van der Waals surface area contributed by atoms with Crippen molar-refractivity contribution in [3.05, 3.63) is 36.4 Å². The zero-order valence-electron chi connectivity index (χ0n) is 15.9. The molecule has 0 saturated carbocycles. The van der Waals surface area contributed by atoms with E-state index in [1.807, 2.05) is 30.1 Å². The van der Waals surface area contributed by atoms with Gasteiger partial charge in [0.1, 0.15) is 18.7 Å². The second kappa shape index (κ2) is 8.54. The Morgan fingerprint density at radius 1 is 1.33 bits per heavy atom. The summed E-state index contributed by atoms with van der Waals surface area (Å²) in [6.45, 7) is 3.85. The van der Waals surface area contributed by atoms with Gasteiger partial charge in [0.25, 0.3) is 0 Å². The number of likely N-dealkylation sites (N-methyl/N-ethyl adjacent to an activating group) is 1. The third-order valence-electron chi connectivity index (χ3n) is 5.62. The number of benzene rings is 1. The number of primary amides is 1. The third kappa shape index (κ3) is 4.67. The molecule has 1 saturated heterocycles. The Labute approximate surface area is 159 Å². The van der Waals surface area contributed by atoms with E-state index in [0.29, 0.717) is 5.92 Å². The number of rotatable bonds is 6. The van der Waals surface area contributed by atoms with Crippen molar-refractivity contribution < 1.29 is 14.6 Å². The summed E-state index contributed by atoms with van der Waals surface area (Å²) in [5.74, 6) is 1.47. The van der Waals surface area contributed by atoms with Gasteiger partial charge in [0.05, 0.1) is 5.52 Å². The molecule has 0 bridgehead atoms. The summed E-state index contributed by atoms with van der Waals surface area (Å²) in [5, 5.41) is 11.3. The number of piperidine rings is 1. The number of nitrogens with two attached hydrogens (primary N) is 1. The Bertz CT molecular complexity index is 777. The maximum absolute atomic E-state index is 10.7. The summed E-state index contributed by atoms with van der Waals surface area (Å²) in [7, 11) is 1.84. The van der Waals surface area contributed by atoms with Gasteiger partial charge in [0, 0.05) is 24.5 Å². The molecule has 1 aliphatic rings. The molecule has 1 aromatic carbocycles. The molecule has 1 amide bonds. The molecule has 0 aliphatic carbocycles. The Morgan fingerprint density at radius 3 is 2.74 bits per heavy atom. The van der Waals surface area contributed by atoms with Crippen molar-refractivity contribution >= 4 is 22.8 Å². The van der Waals surface area contributed by atoms with Crippen LogP contribution in [-0.4, -0.2) is 60.1 Å². The van der Waals surface area contributed by atoms with Crippen LogP contribution < -0.4 is 10.6 Å². The molecular weight excluding hydrogens is 344 g/mol. The molecule has 1 fully saturated rings. The number of aliphatic hydroxyl groups is 1. The average molecular weight is 372 g/mol. The molecular formula is C20H28N4O3. The second-order valence-corrected chi connectivity index (χ2v) is 7.20. The summed E-state index contributed by atoms with van der Waals surface area (Å²) < 4.78 is 4.70. The van der Waals surface area contributed by atoms with Gasteiger partial charge in [-0.05, 0) is 50.9 Å². The second-order valence-electron chi connectivity index (χ2n) is 7.20. The highest BCUT2D eigenvalue weighted by Crippen LogP contribution is 2.27. The molecule has 2 heterocycles. The summed E-state index contributed by atoms with van der Waals surface area (Å²) >= 11 is 0. The summed E-state index contributed by atoms with van der Waals surface area (Å²) in [4.78, 5) is 19.7. The molecule has 7 heteroatoms. The van der Waals surface area contributed by atoms with E-state index in [1.165, 1.54) is 0 Å². The van der Waals surface area contributed by atoms with Gasteiger partial charge in [0.2, 0.25) is 0 Å². The number of aromatic nitrogens is 1. The smallest absolute Gasteiger partial charge is 0.404 e. The zero-order valence-corrected chi connectivity index (χ0v) is 15.9. The van der Waals surface area contributed by atoms with Crippen LogP contribution in [0.25, 0.3) is 10.9 Å². The van der Waals surface area contributed by atoms with Crippen LogP contribution in [0.3, 0.4) is 0 Å². The lowest BCUT2D eigenvalue weighted by atomic mass is 9.89. The first-order valence-electron chi connectivity index (χ1n) is 9.38. The maximum atomic E-state index is 10.7. The normalized spacial score (nSPS) is 17.9. The van der Waals surface area contributed by atoms with Gasteiger partial charge < -0.3 is 20.5 Å². The molecule has 1 aromatic heterocycles. The lowest BCUT2D eigenvalue weighted by molar-refractivity contribution is -0.0544. The molecule has 2 unspecified atom stereocenters. The van der Waals surface area contributed by atoms with Crippen molar-refractivity contribution in [2.45, 2.75) is 32.0 Å². The largest absolute Gasteiger partial charge is 0.445 e. The monoisotopic (exact) mass is 372 g/mol. The highest BCUT2D eigenvalue weighted by Gasteiger charge is 2.29. The fourth-order valence-corrected chi connectivity index (χ4v) is 3.72. The predicted octanol–water partition coefficient (Wildman–Crippen LogP) is 2.19. The van der Waals surface area contributed by atoms with Crippen LogP contribution in [0.2, 0.25) is 0 Å². The number of pyridine rings is 1. The number of amides is 1. The van der Waals surface area contributed by atoms with Crippen molar-refractivity contribution in [1.29, 1.82) is 0 Å². The topological polar surface area (TPSA) is 91.9 Å². The fraction of sp³-hybridized carbons (Fsp3) is 0.500. The van der Waals surface area contributed by atoms with Crippen molar-refractivity contribution in [2.24, 2.45) is 11.7 Å². The summed E-state index contributed by atoms with van der Waals surface area (Å²) in [6.07, 6.45) is 0.311. The fourth-order valence-electron chi connectivity index (χ4n) is 3.72. The first-order valence-corrected chi connectivity index (χ1v) is 9.38. The number of fused-ring (bicyclic) bond motifs is 1. The van der Waals surface area contributed by atoms with E-state index < -0.39 is 12.3 Å². The van der Waals surface area contributed by atoms with E-state index in [4.69, 9.17) is 15.5 Å². The first kappa shape index (κ1) is 19.4. The summed E-state index contributed by atoms with van der Waals surface area (Å²) in [5.41, 5.74) is 5.98. The van der Waals surface area contributed by atoms with Crippen molar-refractivity contribution in [3.8, 4) is 0 Å². The van der Waals surface area contributed by atoms with Crippen LogP contribution in [0.1, 0.15) is 19.8 Å². The Kier molecular flexibility index (Phi) is 6.13. The number of anilines is 1. The van der Waals surface area contributed by atoms with Gasteiger partial charge in [-0.25, -0.2) is 9.78 Å². The van der Waals surface area contributed by atoms with Crippen LogP contribution >= 0.6 is 0 Å². The minimum Gasteiger partial charge on any atom is -0.445 e. The highest BCUT2D eigenvalue weighted by atomic mass is 16.6. The number of carbonyl (C=O) groups is 1. The van der Waals surface area contributed by atoms with E-state index in [1.54, 1.807) is 0 Å². The molecule has 1 aliphatic heterocycles. The minimum atomic E-state index is -0.869. The lowest BCUT2D eigenvalue weighted by Gasteiger charge is -2.40. The molecule has 146 valence electrons. The zero-order chi connectivity index (χ0) is 19.4. The van der Waals surface area contributed by atoms with Crippen LogP contribution in [0.15, 0.2) is 36.4 Å². The van der Waals surface area contributed by atoms with Gasteiger partial charge in [0.15, 0.2) is 0 Å². The van der Waals surface area contributed by atoms with Gasteiger partial charge >= 0.3 is 6.09 Å². The van der Waals surface area contributed by atoms with Crippen molar-refractivity contribution in [3.63, 3.8) is 0 Å². The maximum Gasteiger partial charge on any atom is 0.404 e. The van der Waals surface area contributed by atoms with E-state index in [0.717, 1.165) is 42.7 Å². The van der Waals surface area contributed by atoms with E-state index in [-0.39, 0.29) is 12.6 Å².